The van der Waals surface area contributed by atoms with Crippen molar-refractivity contribution < 1.29 is 4.79 Å². The number of para-hydroxylation sites is 1. The Bertz CT molecular complexity index is 1650. The molecule has 2 amide bonds. The Morgan fingerprint density at radius 2 is 1.77 bits per heavy atom. The molecule has 0 fully saturated rings. The minimum atomic E-state index is -0.317. The van der Waals surface area contributed by atoms with Crippen molar-refractivity contribution in [1.82, 2.24) is 19.2 Å². The molecule has 6 rings (SSSR count). The zero-order chi connectivity index (χ0) is 27.1. The fourth-order valence-electron chi connectivity index (χ4n) is 5.31. The van der Waals surface area contributed by atoms with Crippen LogP contribution in [0.15, 0.2) is 91.1 Å². The van der Waals surface area contributed by atoms with Gasteiger partial charge in [0.1, 0.15) is 5.82 Å². The Labute approximate surface area is 233 Å². The zero-order valence-corrected chi connectivity index (χ0v) is 23.0. The number of fused-ring (bicyclic) bond motifs is 3. The molecule has 1 aliphatic heterocycles. The first-order valence-corrected chi connectivity index (χ1v) is 13.6. The molecule has 1 atom stereocenters. The molecule has 3 heterocycles. The molecular formula is C32H30ClN5O. The molecule has 0 aliphatic carbocycles. The number of nitrogens with one attached hydrogen (secondary N) is 1. The Balaban J connectivity index is 1.54. The standard InChI is InChI=1S/C32H30ClN5O/c1-4-28-26-20-37(32(39)34-24-17-14-22(3)27(33)19-24)30(23-15-12-21(2)13-16-23)29-11-8-18-36(29)31(26)38(35-28)25-9-6-5-7-10-25/h5-19,30H,4,20H2,1-3H3,(H,34,39)/t30-/m1/s1. The first-order valence-electron chi connectivity index (χ1n) is 13.2. The third-order valence-corrected chi connectivity index (χ3v) is 7.79. The summed E-state index contributed by atoms with van der Waals surface area (Å²) in [7, 11) is 0. The maximum absolute atomic E-state index is 14.1. The summed E-state index contributed by atoms with van der Waals surface area (Å²) in [5, 5.41) is 8.76. The van der Waals surface area contributed by atoms with Crippen LogP contribution < -0.4 is 5.32 Å². The maximum atomic E-state index is 14.1. The van der Waals surface area contributed by atoms with E-state index < -0.39 is 0 Å². The normalized spacial score (nSPS) is 14.5. The van der Waals surface area contributed by atoms with E-state index >= 15 is 0 Å². The summed E-state index contributed by atoms with van der Waals surface area (Å²) in [5.74, 6) is 0.962. The Morgan fingerprint density at radius 3 is 2.49 bits per heavy atom. The van der Waals surface area contributed by atoms with E-state index in [4.69, 9.17) is 16.7 Å². The number of carbonyl (C=O) groups is 1. The van der Waals surface area contributed by atoms with Gasteiger partial charge in [-0.05, 0) is 67.8 Å². The predicted molar refractivity (Wildman–Crippen MR) is 156 cm³/mol. The van der Waals surface area contributed by atoms with E-state index in [1.807, 2.05) is 52.9 Å². The highest BCUT2D eigenvalue weighted by atomic mass is 35.5. The number of aromatic nitrogens is 3. The number of urea groups is 1. The van der Waals surface area contributed by atoms with Crippen LogP contribution in [0.3, 0.4) is 0 Å². The molecular weight excluding hydrogens is 506 g/mol. The number of amides is 2. The summed E-state index contributed by atoms with van der Waals surface area (Å²) in [6, 6.07) is 27.8. The van der Waals surface area contributed by atoms with Crippen LogP contribution in [0.25, 0.3) is 11.5 Å². The first kappa shape index (κ1) is 25.0. The molecule has 39 heavy (non-hydrogen) atoms. The molecule has 0 saturated carbocycles. The van der Waals surface area contributed by atoms with Gasteiger partial charge in [-0.3, -0.25) is 0 Å². The van der Waals surface area contributed by atoms with E-state index in [0.29, 0.717) is 17.3 Å². The van der Waals surface area contributed by atoms with Crippen molar-refractivity contribution in [2.75, 3.05) is 5.32 Å². The number of hydrogen-bond acceptors (Lipinski definition) is 2. The number of rotatable bonds is 4. The summed E-state index contributed by atoms with van der Waals surface area (Å²) in [4.78, 5) is 16.0. The van der Waals surface area contributed by atoms with Crippen LogP contribution in [-0.2, 0) is 13.0 Å². The van der Waals surface area contributed by atoms with Crippen LogP contribution >= 0.6 is 11.6 Å². The van der Waals surface area contributed by atoms with Gasteiger partial charge in [0.25, 0.3) is 0 Å². The second-order valence-corrected chi connectivity index (χ2v) is 10.4. The number of halogens is 1. The van der Waals surface area contributed by atoms with Gasteiger partial charge in [-0.1, -0.05) is 72.6 Å². The second kappa shape index (κ2) is 10.1. The van der Waals surface area contributed by atoms with Crippen molar-refractivity contribution in [1.29, 1.82) is 0 Å². The largest absolute Gasteiger partial charge is 0.322 e. The van der Waals surface area contributed by atoms with E-state index in [2.05, 4.69) is 72.4 Å². The van der Waals surface area contributed by atoms with Crippen LogP contribution in [0, 0.1) is 13.8 Å². The monoisotopic (exact) mass is 535 g/mol. The van der Waals surface area contributed by atoms with E-state index in [1.54, 1.807) is 6.07 Å². The van der Waals surface area contributed by atoms with Crippen LogP contribution in [-0.4, -0.2) is 25.3 Å². The second-order valence-electron chi connectivity index (χ2n) is 9.99. The van der Waals surface area contributed by atoms with Crippen LogP contribution in [0.5, 0.6) is 0 Å². The molecule has 0 radical (unpaired) electrons. The van der Waals surface area contributed by atoms with Crippen LogP contribution in [0.4, 0.5) is 10.5 Å². The van der Waals surface area contributed by atoms with E-state index in [1.165, 1.54) is 5.56 Å². The zero-order valence-electron chi connectivity index (χ0n) is 22.2. The third kappa shape index (κ3) is 4.51. The molecule has 2 aromatic heterocycles. The average molecular weight is 536 g/mol. The number of anilines is 1. The molecule has 0 spiro atoms. The molecule has 0 unspecified atom stereocenters. The van der Waals surface area contributed by atoms with Crippen molar-refractivity contribution >= 4 is 23.3 Å². The lowest BCUT2D eigenvalue weighted by Gasteiger charge is -2.31. The molecule has 5 aromatic rings. The van der Waals surface area contributed by atoms with E-state index in [0.717, 1.165) is 46.0 Å². The SMILES string of the molecule is CCc1nn(-c2ccccc2)c2c1CN(C(=O)Nc1ccc(C)c(Cl)c1)[C@H](c1ccc(C)cc1)c1cccn1-2. The molecule has 3 aromatic carbocycles. The Kier molecular flexibility index (Phi) is 6.49. The van der Waals surface area contributed by atoms with Gasteiger partial charge in [0.05, 0.1) is 29.7 Å². The van der Waals surface area contributed by atoms with Gasteiger partial charge in [-0.15, -0.1) is 0 Å². The molecule has 7 heteroatoms. The van der Waals surface area contributed by atoms with Crippen molar-refractivity contribution in [3.63, 3.8) is 0 Å². The van der Waals surface area contributed by atoms with Gasteiger partial charge in [0, 0.05) is 22.5 Å². The van der Waals surface area contributed by atoms with Crippen molar-refractivity contribution in [2.24, 2.45) is 0 Å². The van der Waals surface area contributed by atoms with Crippen LogP contribution in [0.1, 0.15) is 46.6 Å². The first-order chi connectivity index (χ1) is 18.9. The fraction of sp³-hybridized carbons (Fsp3) is 0.188. The van der Waals surface area contributed by atoms with Gasteiger partial charge < -0.3 is 14.8 Å². The smallest absolute Gasteiger partial charge is 0.308 e. The van der Waals surface area contributed by atoms with Gasteiger partial charge in [0.2, 0.25) is 0 Å². The molecule has 1 aliphatic rings. The number of nitrogens with zero attached hydrogens (tertiary/aromatic N) is 4. The summed E-state index contributed by atoms with van der Waals surface area (Å²) in [5.41, 5.74) is 7.81. The summed E-state index contributed by atoms with van der Waals surface area (Å²) < 4.78 is 4.19. The lowest BCUT2D eigenvalue weighted by molar-refractivity contribution is 0.194. The van der Waals surface area contributed by atoms with Gasteiger partial charge in [-0.25, -0.2) is 9.48 Å². The highest BCUT2D eigenvalue weighted by Gasteiger charge is 2.36. The Morgan fingerprint density at radius 1 is 1.00 bits per heavy atom. The van der Waals surface area contributed by atoms with Gasteiger partial charge in [0.15, 0.2) is 0 Å². The van der Waals surface area contributed by atoms with Crippen molar-refractivity contribution in [2.45, 2.75) is 39.8 Å². The van der Waals surface area contributed by atoms with Gasteiger partial charge in [-0.2, -0.15) is 5.10 Å². The maximum Gasteiger partial charge on any atom is 0.322 e. The van der Waals surface area contributed by atoms with Gasteiger partial charge >= 0.3 is 6.03 Å². The number of carbonyl (C=O) groups excluding carboxylic acids is 1. The molecule has 0 bridgehead atoms. The van der Waals surface area contributed by atoms with Crippen LogP contribution in [0.2, 0.25) is 5.02 Å². The van der Waals surface area contributed by atoms with E-state index in [9.17, 15) is 4.79 Å². The molecule has 0 saturated heterocycles. The highest BCUT2D eigenvalue weighted by Crippen LogP contribution is 2.39. The minimum Gasteiger partial charge on any atom is -0.308 e. The van der Waals surface area contributed by atoms with E-state index in [-0.39, 0.29) is 12.1 Å². The topological polar surface area (TPSA) is 55.1 Å². The highest BCUT2D eigenvalue weighted by molar-refractivity contribution is 6.31. The quantitative estimate of drug-likeness (QED) is 0.257. The van der Waals surface area contributed by atoms with Crippen molar-refractivity contribution in [3.05, 3.63) is 130 Å². The molecule has 196 valence electrons. The lowest BCUT2D eigenvalue weighted by Crippen LogP contribution is -2.38. The van der Waals surface area contributed by atoms with Crippen molar-refractivity contribution in [3.8, 4) is 11.5 Å². The predicted octanol–water partition coefficient (Wildman–Crippen LogP) is 7.63. The molecule has 1 N–H and O–H groups in total. The summed E-state index contributed by atoms with van der Waals surface area (Å²) >= 11 is 6.39. The number of benzene rings is 3. The Hall–Kier alpha value is -4.29. The summed E-state index contributed by atoms with van der Waals surface area (Å²) in [6.45, 7) is 6.53. The molecule has 6 nitrogen and oxygen atoms in total. The lowest BCUT2D eigenvalue weighted by atomic mass is 10.0. The number of aryl methyl sites for hydroxylation is 3. The number of hydrogen-bond donors (Lipinski definition) is 1. The third-order valence-electron chi connectivity index (χ3n) is 7.38. The minimum absolute atomic E-state index is 0.199. The fourth-order valence-corrected chi connectivity index (χ4v) is 5.49. The summed E-state index contributed by atoms with van der Waals surface area (Å²) in [6.07, 6.45) is 2.81. The average Bonchev–Trinajstić information content (AvgIpc) is 3.53.